The zero-order valence-corrected chi connectivity index (χ0v) is 12.8. The van der Waals surface area contributed by atoms with Crippen molar-refractivity contribution < 1.29 is 37.0 Å². The molecule has 0 aliphatic carbocycles. The van der Waals surface area contributed by atoms with Crippen molar-refractivity contribution >= 4 is 17.7 Å². The molecule has 2 N–H and O–H groups in total. The van der Waals surface area contributed by atoms with E-state index in [4.69, 9.17) is 9.47 Å². The molecule has 0 radical (unpaired) electrons. The number of alkyl halides is 3. The molecule has 7 nitrogen and oxygen atoms in total. The lowest BCUT2D eigenvalue weighted by molar-refractivity contribution is -0.125. The van der Waals surface area contributed by atoms with Crippen LogP contribution in [0.25, 0.3) is 0 Å². The summed E-state index contributed by atoms with van der Waals surface area (Å²) in [6.07, 6.45) is -4.58. The van der Waals surface area contributed by atoms with E-state index in [0.29, 0.717) is 5.56 Å². The fraction of sp³-hybridized carbons (Fsp3) is 0.357. The maximum atomic E-state index is 11.9. The molecule has 10 heteroatoms. The van der Waals surface area contributed by atoms with Gasteiger partial charge in [0.15, 0.2) is 23.9 Å². The van der Waals surface area contributed by atoms with Crippen LogP contribution in [0.1, 0.15) is 17.3 Å². The summed E-state index contributed by atoms with van der Waals surface area (Å²) in [5.41, 5.74) is 0.371. The lowest BCUT2D eigenvalue weighted by atomic mass is 10.1. The van der Waals surface area contributed by atoms with Crippen LogP contribution in [0, 0.1) is 0 Å². The van der Waals surface area contributed by atoms with Crippen LogP contribution in [-0.2, 0) is 4.79 Å². The SMILES string of the molecule is COc1cc(C(C)=O)ccc1OCC(=O)NC(=O)NCC(F)(F)F. The van der Waals surface area contributed by atoms with Crippen LogP contribution in [-0.4, -0.2) is 44.2 Å². The van der Waals surface area contributed by atoms with E-state index >= 15 is 0 Å². The highest BCUT2D eigenvalue weighted by molar-refractivity contribution is 5.95. The molecule has 0 heterocycles. The summed E-state index contributed by atoms with van der Waals surface area (Å²) in [5, 5.41) is 3.16. The van der Waals surface area contributed by atoms with Gasteiger partial charge in [-0.05, 0) is 25.1 Å². The minimum absolute atomic E-state index is 0.133. The largest absolute Gasteiger partial charge is 0.493 e. The van der Waals surface area contributed by atoms with Gasteiger partial charge in [-0.2, -0.15) is 13.2 Å². The molecule has 24 heavy (non-hydrogen) atoms. The van der Waals surface area contributed by atoms with Crippen molar-refractivity contribution in [3.8, 4) is 11.5 Å². The monoisotopic (exact) mass is 348 g/mol. The van der Waals surface area contributed by atoms with E-state index < -0.39 is 31.3 Å². The van der Waals surface area contributed by atoms with Gasteiger partial charge in [-0.1, -0.05) is 0 Å². The van der Waals surface area contributed by atoms with E-state index in [1.807, 2.05) is 0 Å². The van der Waals surface area contributed by atoms with Crippen LogP contribution in [0.2, 0.25) is 0 Å². The van der Waals surface area contributed by atoms with Crippen LogP contribution in [0.5, 0.6) is 11.5 Å². The highest BCUT2D eigenvalue weighted by atomic mass is 19.4. The summed E-state index contributed by atoms with van der Waals surface area (Å²) >= 11 is 0. The summed E-state index contributed by atoms with van der Waals surface area (Å²) in [6.45, 7) is -0.829. The van der Waals surface area contributed by atoms with Crippen molar-refractivity contribution in [1.29, 1.82) is 0 Å². The molecule has 1 rings (SSSR count). The predicted molar refractivity (Wildman–Crippen MR) is 76.1 cm³/mol. The Morgan fingerprint density at radius 1 is 1.17 bits per heavy atom. The van der Waals surface area contributed by atoms with E-state index in [-0.39, 0.29) is 17.3 Å². The third kappa shape index (κ3) is 6.55. The topological polar surface area (TPSA) is 93.7 Å². The number of carbonyl (C=O) groups excluding carboxylic acids is 3. The molecule has 0 aliphatic heterocycles. The third-order valence-electron chi connectivity index (χ3n) is 2.63. The Balaban J connectivity index is 2.55. The lowest BCUT2D eigenvalue weighted by Crippen LogP contribution is -2.44. The summed E-state index contributed by atoms with van der Waals surface area (Å²) in [4.78, 5) is 33.8. The Labute approximate surface area is 135 Å². The number of urea groups is 1. The summed E-state index contributed by atoms with van der Waals surface area (Å²) in [5.74, 6) is -0.823. The standard InChI is InChI=1S/C14H15F3N2O5/c1-8(20)9-3-4-10(11(5-9)23-2)24-6-12(21)19-13(22)18-7-14(15,16)17/h3-5H,6-7H2,1-2H3,(H2,18,19,21,22). The Kier molecular flexibility index (Phi) is 6.57. The van der Waals surface area contributed by atoms with Gasteiger partial charge in [0.05, 0.1) is 7.11 Å². The molecule has 1 aromatic carbocycles. The number of benzene rings is 1. The molecule has 0 bridgehead atoms. The molecule has 1 aromatic rings. The molecule has 0 fully saturated rings. The van der Waals surface area contributed by atoms with Crippen LogP contribution in [0.3, 0.4) is 0 Å². The molecule has 0 saturated carbocycles. The van der Waals surface area contributed by atoms with Crippen LogP contribution >= 0.6 is 0 Å². The van der Waals surface area contributed by atoms with E-state index in [0.717, 1.165) is 0 Å². The first-order valence-corrected chi connectivity index (χ1v) is 6.58. The number of carbonyl (C=O) groups is 3. The highest BCUT2D eigenvalue weighted by Gasteiger charge is 2.28. The van der Waals surface area contributed by atoms with E-state index in [9.17, 15) is 27.6 Å². The average molecular weight is 348 g/mol. The number of ether oxygens (including phenoxy) is 2. The number of halogens is 3. The van der Waals surface area contributed by atoms with E-state index in [2.05, 4.69) is 0 Å². The van der Waals surface area contributed by atoms with Crippen molar-refractivity contribution in [1.82, 2.24) is 10.6 Å². The zero-order valence-electron chi connectivity index (χ0n) is 12.8. The number of Topliss-reactive ketones (excluding diaryl/α,β-unsaturated/α-hetero) is 1. The van der Waals surface area contributed by atoms with Gasteiger partial charge in [0.1, 0.15) is 6.54 Å². The van der Waals surface area contributed by atoms with Crippen molar-refractivity contribution in [3.63, 3.8) is 0 Å². The predicted octanol–water partition coefficient (Wildman–Crippen LogP) is 1.66. The smallest absolute Gasteiger partial charge is 0.405 e. The molecule has 132 valence electrons. The number of nitrogens with one attached hydrogen (secondary N) is 2. The lowest BCUT2D eigenvalue weighted by Gasteiger charge is -2.12. The third-order valence-corrected chi connectivity index (χ3v) is 2.63. The minimum atomic E-state index is -4.58. The van der Waals surface area contributed by atoms with Crippen molar-refractivity contribution in [2.24, 2.45) is 0 Å². The van der Waals surface area contributed by atoms with E-state index in [1.54, 1.807) is 5.32 Å². The molecule has 0 unspecified atom stereocenters. The fourth-order valence-corrected chi connectivity index (χ4v) is 1.54. The summed E-state index contributed by atoms with van der Waals surface area (Å²) < 4.78 is 45.8. The summed E-state index contributed by atoms with van der Waals surface area (Å²) in [7, 11) is 1.33. The van der Waals surface area contributed by atoms with Gasteiger partial charge < -0.3 is 14.8 Å². The molecule has 0 aromatic heterocycles. The van der Waals surface area contributed by atoms with E-state index in [1.165, 1.54) is 37.5 Å². The quantitative estimate of drug-likeness (QED) is 0.763. The number of methoxy groups -OCH3 is 1. The molecule has 0 atom stereocenters. The van der Waals surface area contributed by atoms with Crippen LogP contribution in [0.4, 0.5) is 18.0 Å². The average Bonchev–Trinajstić information content (AvgIpc) is 2.50. The number of imide groups is 1. The van der Waals surface area contributed by atoms with Crippen molar-refractivity contribution in [2.45, 2.75) is 13.1 Å². The molecular weight excluding hydrogens is 333 g/mol. The zero-order chi connectivity index (χ0) is 18.3. The number of hydrogen-bond donors (Lipinski definition) is 2. The van der Waals surface area contributed by atoms with Gasteiger partial charge in [0, 0.05) is 5.56 Å². The molecule has 3 amide bonds. The van der Waals surface area contributed by atoms with Gasteiger partial charge in [-0.15, -0.1) is 0 Å². The van der Waals surface area contributed by atoms with Crippen LogP contribution < -0.4 is 20.1 Å². The fourth-order valence-electron chi connectivity index (χ4n) is 1.54. The van der Waals surface area contributed by atoms with Gasteiger partial charge in [0.2, 0.25) is 0 Å². The van der Waals surface area contributed by atoms with Gasteiger partial charge in [0.25, 0.3) is 5.91 Å². The first kappa shape index (κ1) is 19.3. The molecule has 0 saturated heterocycles. The molecular formula is C14H15F3N2O5. The number of rotatable bonds is 6. The minimum Gasteiger partial charge on any atom is -0.493 e. The maximum absolute atomic E-state index is 11.9. The molecule has 0 aliphatic rings. The first-order chi connectivity index (χ1) is 11.1. The molecule has 0 spiro atoms. The first-order valence-electron chi connectivity index (χ1n) is 6.58. The Bertz CT molecular complexity index is 631. The normalized spacial score (nSPS) is 10.7. The maximum Gasteiger partial charge on any atom is 0.405 e. The Morgan fingerprint density at radius 3 is 2.38 bits per heavy atom. The second kappa shape index (κ2) is 8.18. The Hall–Kier alpha value is -2.78. The van der Waals surface area contributed by atoms with Crippen molar-refractivity contribution in [3.05, 3.63) is 23.8 Å². The highest BCUT2D eigenvalue weighted by Crippen LogP contribution is 2.28. The van der Waals surface area contributed by atoms with Gasteiger partial charge >= 0.3 is 12.2 Å². The van der Waals surface area contributed by atoms with Crippen molar-refractivity contribution in [2.75, 3.05) is 20.3 Å². The second-order valence-corrected chi connectivity index (χ2v) is 4.56. The van der Waals surface area contributed by atoms with Crippen LogP contribution in [0.15, 0.2) is 18.2 Å². The number of ketones is 1. The number of hydrogen-bond acceptors (Lipinski definition) is 5. The van der Waals surface area contributed by atoms with Gasteiger partial charge in [-0.25, -0.2) is 4.79 Å². The Morgan fingerprint density at radius 2 is 1.83 bits per heavy atom. The van der Waals surface area contributed by atoms with Gasteiger partial charge in [-0.3, -0.25) is 14.9 Å². The number of amides is 3. The second-order valence-electron chi connectivity index (χ2n) is 4.56. The summed E-state index contributed by atoms with van der Waals surface area (Å²) in [6, 6.07) is 2.96.